The second kappa shape index (κ2) is 6.98. The Kier molecular flexibility index (Phi) is 4.78. The highest BCUT2D eigenvalue weighted by Gasteiger charge is 2.28. The third-order valence-electron chi connectivity index (χ3n) is 4.46. The Bertz CT molecular complexity index is 747. The Morgan fingerprint density at radius 3 is 2.67 bits per heavy atom. The van der Waals surface area contributed by atoms with Crippen LogP contribution in [0.4, 0.5) is 0 Å². The minimum absolute atomic E-state index is 0.0229. The van der Waals surface area contributed by atoms with Gasteiger partial charge in [0.25, 0.3) is 5.91 Å². The Morgan fingerprint density at radius 2 is 2.00 bits per heavy atom. The smallest absolute Gasteiger partial charge is 0.309 e. The molecule has 2 heterocycles. The molecular formula is C17H22N4O3. The summed E-state index contributed by atoms with van der Waals surface area (Å²) in [5.41, 5.74) is 2.26. The zero-order valence-corrected chi connectivity index (χ0v) is 14.1. The van der Waals surface area contributed by atoms with Crippen LogP contribution in [0, 0.1) is 5.92 Å². The summed E-state index contributed by atoms with van der Waals surface area (Å²) in [7, 11) is 0. The molecule has 0 N–H and O–H groups in total. The molecule has 24 heavy (non-hydrogen) atoms. The van der Waals surface area contributed by atoms with Crippen molar-refractivity contribution < 1.29 is 14.3 Å². The molecule has 0 unspecified atom stereocenters. The fourth-order valence-corrected chi connectivity index (χ4v) is 3.10. The first-order valence-electron chi connectivity index (χ1n) is 8.43. The van der Waals surface area contributed by atoms with Gasteiger partial charge in [0.05, 0.1) is 18.0 Å². The number of carbonyl (C=O) groups excluding carboxylic acids is 2. The standard InChI is InChI=1S/C17H22N4O3/c1-3-21-15-6-5-13(11-14(15)18-19-21)16(22)20-9-7-12(8-10-20)17(23)24-4-2/h5-6,11-12H,3-4,7-10H2,1-2H3. The maximum atomic E-state index is 12.7. The minimum atomic E-state index is -0.151. The summed E-state index contributed by atoms with van der Waals surface area (Å²) in [5, 5.41) is 8.18. The number of hydrogen-bond donors (Lipinski definition) is 0. The van der Waals surface area contributed by atoms with E-state index in [1.54, 1.807) is 22.6 Å². The number of piperidine rings is 1. The summed E-state index contributed by atoms with van der Waals surface area (Å²) < 4.78 is 6.86. The van der Waals surface area contributed by atoms with Gasteiger partial charge in [-0.15, -0.1) is 5.10 Å². The average Bonchev–Trinajstić information content (AvgIpc) is 3.03. The topological polar surface area (TPSA) is 77.3 Å². The fraction of sp³-hybridized carbons (Fsp3) is 0.529. The zero-order chi connectivity index (χ0) is 17.1. The number of benzene rings is 1. The van der Waals surface area contributed by atoms with E-state index in [0.29, 0.717) is 38.1 Å². The molecule has 1 aromatic carbocycles. The van der Waals surface area contributed by atoms with E-state index in [4.69, 9.17) is 4.74 Å². The van der Waals surface area contributed by atoms with Crippen LogP contribution in [0.15, 0.2) is 18.2 Å². The third-order valence-corrected chi connectivity index (χ3v) is 4.46. The third kappa shape index (κ3) is 3.11. The molecule has 0 atom stereocenters. The van der Waals surface area contributed by atoms with E-state index in [2.05, 4.69) is 10.3 Å². The number of esters is 1. The molecule has 1 saturated heterocycles. The predicted molar refractivity (Wildman–Crippen MR) is 88.5 cm³/mol. The average molecular weight is 330 g/mol. The van der Waals surface area contributed by atoms with Gasteiger partial charge in [-0.2, -0.15) is 0 Å². The SMILES string of the molecule is CCOC(=O)C1CCN(C(=O)c2ccc3c(c2)nnn3CC)CC1. The second-order valence-corrected chi connectivity index (χ2v) is 5.93. The first-order chi connectivity index (χ1) is 11.6. The summed E-state index contributed by atoms with van der Waals surface area (Å²) in [6.45, 7) is 6.09. The van der Waals surface area contributed by atoms with Crippen molar-refractivity contribution in [2.24, 2.45) is 5.92 Å². The molecule has 1 fully saturated rings. The van der Waals surface area contributed by atoms with Crippen LogP contribution in [0.1, 0.15) is 37.0 Å². The highest BCUT2D eigenvalue weighted by molar-refractivity contribution is 5.97. The maximum Gasteiger partial charge on any atom is 0.309 e. The summed E-state index contributed by atoms with van der Waals surface area (Å²) >= 11 is 0. The van der Waals surface area contributed by atoms with Crippen LogP contribution in [0.5, 0.6) is 0 Å². The van der Waals surface area contributed by atoms with Crippen molar-refractivity contribution in [3.05, 3.63) is 23.8 Å². The molecule has 2 aromatic rings. The number of fused-ring (bicyclic) bond motifs is 1. The number of hydrogen-bond acceptors (Lipinski definition) is 5. The fourth-order valence-electron chi connectivity index (χ4n) is 3.10. The number of rotatable bonds is 4. The Morgan fingerprint density at radius 1 is 1.25 bits per heavy atom. The maximum absolute atomic E-state index is 12.7. The van der Waals surface area contributed by atoms with E-state index >= 15 is 0 Å². The van der Waals surface area contributed by atoms with Gasteiger partial charge < -0.3 is 9.64 Å². The molecule has 1 amide bonds. The van der Waals surface area contributed by atoms with Gasteiger partial charge in [0.2, 0.25) is 0 Å². The number of carbonyl (C=O) groups is 2. The number of ether oxygens (including phenoxy) is 1. The van der Waals surface area contributed by atoms with Crippen LogP contribution in [0.3, 0.4) is 0 Å². The molecule has 7 heteroatoms. The molecule has 7 nitrogen and oxygen atoms in total. The van der Waals surface area contributed by atoms with Gasteiger partial charge >= 0.3 is 5.97 Å². The summed E-state index contributed by atoms with van der Waals surface area (Å²) in [6.07, 6.45) is 1.30. The van der Waals surface area contributed by atoms with E-state index in [1.807, 2.05) is 19.1 Å². The lowest BCUT2D eigenvalue weighted by Crippen LogP contribution is -2.40. The Labute approximate surface area is 140 Å². The molecule has 0 saturated carbocycles. The predicted octanol–water partition coefficient (Wildman–Crippen LogP) is 1.87. The lowest BCUT2D eigenvalue weighted by molar-refractivity contribution is -0.149. The quantitative estimate of drug-likeness (QED) is 0.800. The number of likely N-dealkylation sites (tertiary alicyclic amines) is 1. The van der Waals surface area contributed by atoms with Crippen LogP contribution in [-0.2, 0) is 16.1 Å². The first-order valence-corrected chi connectivity index (χ1v) is 8.43. The van der Waals surface area contributed by atoms with Gasteiger partial charge in [0, 0.05) is 25.2 Å². The zero-order valence-electron chi connectivity index (χ0n) is 14.1. The normalized spacial score (nSPS) is 15.7. The number of nitrogens with zero attached hydrogens (tertiary/aromatic N) is 4. The monoisotopic (exact) mass is 330 g/mol. The van der Waals surface area contributed by atoms with Gasteiger partial charge in [-0.1, -0.05) is 5.21 Å². The lowest BCUT2D eigenvalue weighted by atomic mass is 9.96. The Balaban J connectivity index is 1.68. The molecular weight excluding hydrogens is 308 g/mol. The van der Waals surface area contributed by atoms with Crippen LogP contribution in [-0.4, -0.2) is 51.5 Å². The largest absolute Gasteiger partial charge is 0.466 e. The number of amides is 1. The van der Waals surface area contributed by atoms with E-state index in [9.17, 15) is 9.59 Å². The summed E-state index contributed by atoms with van der Waals surface area (Å²) in [6, 6.07) is 5.49. The van der Waals surface area contributed by atoms with Crippen LogP contribution >= 0.6 is 0 Å². The van der Waals surface area contributed by atoms with Crippen molar-refractivity contribution in [1.29, 1.82) is 0 Å². The summed E-state index contributed by atoms with van der Waals surface area (Å²) in [4.78, 5) is 26.2. The van der Waals surface area contributed by atoms with E-state index < -0.39 is 0 Å². The van der Waals surface area contributed by atoms with Crippen LogP contribution < -0.4 is 0 Å². The van der Waals surface area contributed by atoms with Crippen LogP contribution in [0.25, 0.3) is 11.0 Å². The van der Waals surface area contributed by atoms with Crippen molar-refractivity contribution in [2.75, 3.05) is 19.7 Å². The lowest BCUT2D eigenvalue weighted by Gasteiger charge is -2.30. The van der Waals surface area contributed by atoms with Crippen LogP contribution in [0.2, 0.25) is 0 Å². The number of aryl methyl sites for hydroxylation is 1. The van der Waals surface area contributed by atoms with Crippen molar-refractivity contribution in [3.8, 4) is 0 Å². The van der Waals surface area contributed by atoms with E-state index in [-0.39, 0.29) is 17.8 Å². The molecule has 3 rings (SSSR count). The molecule has 0 radical (unpaired) electrons. The molecule has 1 aliphatic rings. The minimum Gasteiger partial charge on any atom is -0.466 e. The first kappa shape index (κ1) is 16.4. The van der Waals surface area contributed by atoms with E-state index in [1.165, 1.54) is 0 Å². The highest BCUT2D eigenvalue weighted by Crippen LogP contribution is 2.21. The molecule has 128 valence electrons. The Hall–Kier alpha value is -2.44. The molecule has 0 spiro atoms. The van der Waals surface area contributed by atoms with Crippen molar-refractivity contribution in [1.82, 2.24) is 19.9 Å². The molecule has 0 bridgehead atoms. The van der Waals surface area contributed by atoms with Crippen molar-refractivity contribution in [2.45, 2.75) is 33.2 Å². The number of aromatic nitrogens is 3. The van der Waals surface area contributed by atoms with Gasteiger partial charge in [0.15, 0.2) is 0 Å². The second-order valence-electron chi connectivity index (χ2n) is 5.93. The van der Waals surface area contributed by atoms with Gasteiger partial charge in [-0.25, -0.2) is 4.68 Å². The van der Waals surface area contributed by atoms with Gasteiger partial charge in [-0.05, 0) is 44.9 Å². The molecule has 1 aliphatic heterocycles. The molecule has 0 aliphatic carbocycles. The van der Waals surface area contributed by atoms with Crippen molar-refractivity contribution in [3.63, 3.8) is 0 Å². The highest BCUT2D eigenvalue weighted by atomic mass is 16.5. The van der Waals surface area contributed by atoms with Crippen molar-refractivity contribution >= 4 is 22.9 Å². The molecule has 1 aromatic heterocycles. The summed E-state index contributed by atoms with van der Waals surface area (Å²) in [5.74, 6) is -0.270. The van der Waals surface area contributed by atoms with E-state index in [0.717, 1.165) is 17.6 Å². The van der Waals surface area contributed by atoms with Gasteiger partial charge in [0.1, 0.15) is 5.52 Å². The van der Waals surface area contributed by atoms with Gasteiger partial charge in [-0.3, -0.25) is 9.59 Å².